The average Bonchev–Trinajstić information content (AvgIpc) is 3.02. The number of imide groups is 1. The highest BCUT2D eigenvalue weighted by Crippen LogP contribution is 2.34. The van der Waals surface area contributed by atoms with E-state index in [4.69, 9.17) is 4.74 Å². The number of hydrogen-bond acceptors (Lipinski definition) is 4. The average molecular weight is 441 g/mol. The van der Waals surface area contributed by atoms with Crippen LogP contribution in [0.2, 0.25) is 0 Å². The van der Waals surface area contributed by atoms with Crippen LogP contribution in [-0.2, 0) is 16.1 Å². The van der Waals surface area contributed by atoms with Crippen molar-refractivity contribution in [3.8, 4) is 5.75 Å². The molecule has 1 aliphatic rings. The molecule has 0 saturated carbocycles. The van der Waals surface area contributed by atoms with Crippen LogP contribution in [0.3, 0.4) is 0 Å². The molecule has 3 aromatic rings. The molecule has 0 aliphatic carbocycles. The van der Waals surface area contributed by atoms with Crippen LogP contribution in [0.15, 0.2) is 66.4 Å². The van der Waals surface area contributed by atoms with Crippen LogP contribution in [0.1, 0.15) is 33.4 Å². The number of rotatable bonds is 6. The van der Waals surface area contributed by atoms with Gasteiger partial charge < -0.3 is 10.1 Å². The summed E-state index contributed by atoms with van der Waals surface area (Å²) in [6.45, 7) is 8.17. The number of nitrogens with zero attached hydrogens (tertiary/aromatic N) is 1. The molecule has 0 aromatic heterocycles. The summed E-state index contributed by atoms with van der Waals surface area (Å²) in [5.74, 6) is -0.0258. The predicted molar refractivity (Wildman–Crippen MR) is 131 cm³/mol. The Morgan fingerprint density at radius 1 is 0.818 bits per heavy atom. The van der Waals surface area contributed by atoms with E-state index >= 15 is 0 Å². The number of carbonyl (C=O) groups excluding carboxylic acids is 2. The normalized spacial score (nSPS) is 13.7. The molecule has 5 heteroatoms. The second-order valence-corrected chi connectivity index (χ2v) is 8.50. The Hall–Kier alpha value is -3.86. The van der Waals surface area contributed by atoms with Crippen LogP contribution in [0.4, 0.5) is 5.69 Å². The van der Waals surface area contributed by atoms with Gasteiger partial charge in [0.2, 0.25) is 0 Å². The van der Waals surface area contributed by atoms with Gasteiger partial charge in [0.25, 0.3) is 11.8 Å². The van der Waals surface area contributed by atoms with Crippen molar-refractivity contribution in [2.24, 2.45) is 0 Å². The number of benzene rings is 3. The summed E-state index contributed by atoms with van der Waals surface area (Å²) in [5, 5.41) is 3.28. The fraction of sp³-hybridized carbons (Fsp3) is 0.214. The molecule has 168 valence electrons. The van der Waals surface area contributed by atoms with Crippen molar-refractivity contribution < 1.29 is 14.3 Å². The van der Waals surface area contributed by atoms with Crippen molar-refractivity contribution in [3.05, 3.63) is 99.7 Å². The van der Waals surface area contributed by atoms with E-state index in [2.05, 4.69) is 5.32 Å². The first-order valence-corrected chi connectivity index (χ1v) is 10.9. The molecule has 0 bridgehead atoms. The lowest BCUT2D eigenvalue weighted by Crippen LogP contribution is -2.32. The summed E-state index contributed by atoms with van der Waals surface area (Å²) in [6, 6.07) is 19.2. The first kappa shape index (κ1) is 22.3. The zero-order valence-electron chi connectivity index (χ0n) is 19.7. The van der Waals surface area contributed by atoms with Crippen LogP contribution >= 0.6 is 0 Å². The van der Waals surface area contributed by atoms with Crippen LogP contribution in [0, 0.1) is 27.7 Å². The largest absolute Gasteiger partial charge is 0.496 e. The summed E-state index contributed by atoms with van der Waals surface area (Å²) in [7, 11) is 1.58. The number of hydrogen-bond donors (Lipinski definition) is 1. The van der Waals surface area contributed by atoms with E-state index in [1.807, 2.05) is 88.4 Å². The lowest BCUT2D eigenvalue weighted by atomic mass is 9.99. The van der Waals surface area contributed by atoms with E-state index < -0.39 is 0 Å². The summed E-state index contributed by atoms with van der Waals surface area (Å²) in [5.41, 5.74) is 7.32. The number of carbonyl (C=O) groups is 2. The number of amides is 2. The maximum absolute atomic E-state index is 13.6. The van der Waals surface area contributed by atoms with Crippen LogP contribution < -0.4 is 10.1 Å². The van der Waals surface area contributed by atoms with Gasteiger partial charge in [-0.3, -0.25) is 14.5 Å². The fourth-order valence-electron chi connectivity index (χ4n) is 4.09. The minimum absolute atomic E-state index is 0.133. The molecule has 5 nitrogen and oxygen atoms in total. The molecule has 0 fully saturated rings. The van der Waals surface area contributed by atoms with Crippen LogP contribution in [-0.4, -0.2) is 23.8 Å². The lowest BCUT2D eigenvalue weighted by molar-refractivity contribution is -0.137. The molecule has 33 heavy (non-hydrogen) atoms. The van der Waals surface area contributed by atoms with Crippen LogP contribution in [0.25, 0.3) is 5.57 Å². The molecule has 0 saturated heterocycles. The third-order valence-electron chi connectivity index (χ3n) is 6.13. The van der Waals surface area contributed by atoms with Crippen molar-refractivity contribution in [1.29, 1.82) is 0 Å². The van der Waals surface area contributed by atoms with Gasteiger partial charge in [-0.05, 0) is 62.1 Å². The van der Waals surface area contributed by atoms with Crippen molar-refractivity contribution in [3.63, 3.8) is 0 Å². The monoisotopic (exact) mass is 440 g/mol. The molecule has 1 heterocycles. The molecule has 0 unspecified atom stereocenters. The molecule has 0 atom stereocenters. The molecule has 0 radical (unpaired) electrons. The Morgan fingerprint density at radius 2 is 1.58 bits per heavy atom. The van der Waals surface area contributed by atoms with E-state index in [-0.39, 0.29) is 18.4 Å². The number of nitrogens with one attached hydrogen (secondary N) is 1. The molecule has 4 rings (SSSR count). The maximum Gasteiger partial charge on any atom is 0.278 e. The molecule has 1 aliphatic heterocycles. The Bertz CT molecular complexity index is 1290. The van der Waals surface area contributed by atoms with Crippen molar-refractivity contribution in [2.45, 2.75) is 34.2 Å². The third-order valence-corrected chi connectivity index (χ3v) is 6.13. The second kappa shape index (κ2) is 8.94. The molecular formula is C28H28N2O3. The Labute approximate surface area is 194 Å². The molecule has 1 N–H and O–H groups in total. The summed E-state index contributed by atoms with van der Waals surface area (Å²) >= 11 is 0. The Balaban J connectivity index is 1.79. The number of aryl methyl sites for hydroxylation is 4. The first-order chi connectivity index (χ1) is 15.8. The van der Waals surface area contributed by atoms with E-state index in [9.17, 15) is 9.59 Å². The Kier molecular flexibility index (Phi) is 6.05. The highest BCUT2D eigenvalue weighted by Gasteiger charge is 2.39. The fourth-order valence-corrected chi connectivity index (χ4v) is 4.09. The molecule has 2 amide bonds. The van der Waals surface area contributed by atoms with Gasteiger partial charge in [0.05, 0.1) is 19.2 Å². The number of para-hydroxylation sites is 1. The second-order valence-electron chi connectivity index (χ2n) is 8.50. The quantitative estimate of drug-likeness (QED) is 0.527. The van der Waals surface area contributed by atoms with Gasteiger partial charge in [-0.2, -0.15) is 0 Å². The van der Waals surface area contributed by atoms with Crippen LogP contribution in [0.5, 0.6) is 5.75 Å². The van der Waals surface area contributed by atoms with Gasteiger partial charge in [0.1, 0.15) is 11.4 Å². The molecule has 0 spiro atoms. The smallest absolute Gasteiger partial charge is 0.278 e. The summed E-state index contributed by atoms with van der Waals surface area (Å²) in [4.78, 5) is 28.5. The van der Waals surface area contributed by atoms with E-state index in [0.717, 1.165) is 39.1 Å². The minimum Gasteiger partial charge on any atom is -0.496 e. The third kappa shape index (κ3) is 4.27. The van der Waals surface area contributed by atoms with Gasteiger partial charge in [-0.25, -0.2) is 0 Å². The van der Waals surface area contributed by atoms with Gasteiger partial charge in [-0.15, -0.1) is 0 Å². The van der Waals surface area contributed by atoms with Gasteiger partial charge in [0.15, 0.2) is 0 Å². The van der Waals surface area contributed by atoms with E-state index in [1.165, 1.54) is 4.90 Å². The van der Waals surface area contributed by atoms with Gasteiger partial charge in [-0.1, -0.05) is 54.1 Å². The maximum atomic E-state index is 13.6. The first-order valence-electron chi connectivity index (χ1n) is 10.9. The summed E-state index contributed by atoms with van der Waals surface area (Å²) < 4.78 is 5.44. The lowest BCUT2D eigenvalue weighted by Gasteiger charge is -2.17. The van der Waals surface area contributed by atoms with E-state index in [0.29, 0.717) is 17.0 Å². The highest BCUT2D eigenvalue weighted by atomic mass is 16.5. The van der Waals surface area contributed by atoms with Gasteiger partial charge in [0, 0.05) is 11.3 Å². The molecule has 3 aromatic carbocycles. The molecular weight excluding hydrogens is 412 g/mol. The Morgan fingerprint density at radius 3 is 2.27 bits per heavy atom. The summed E-state index contributed by atoms with van der Waals surface area (Å²) in [6.07, 6.45) is 0. The zero-order valence-corrected chi connectivity index (χ0v) is 19.7. The zero-order chi connectivity index (χ0) is 23.7. The van der Waals surface area contributed by atoms with Gasteiger partial charge >= 0.3 is 0 Å². The van der Waals surface area contributed by atoms with E-state index in [1.54, 1.807) is 7.11 Å². The standard InChI is InChI=1S/C28H28N2O3/c1-17-10-13-23(20(4)14-17)29-26-25(21-12-11-18(2)19(3)15-21)27(31)30(28(26)32)16-22-8-6-7-9-24(22)33-5/h6-15,29H,16H2,1-5H3. The number of methoxy groups -OCH3 is 1. The van der Waals surface area contributed by atoms with Crippen molar-refractivity contribution in [2.75, 3.05) is 12.4 Å². The highest BCUT2D eigenvalue weighted by molar-refractivity contribution is 6.36. The van der Waals surface area contributed by atoms with Crippen molar-refractivity contribution >= 4 is 23.1 Å². The predicted octanol–water partition coefficient (Wildman–Crippen LogP) is 5.32. The number of ether oxygens (including phenoxy) is 1. The minimum atomic E-state index is -0.348. The SMILES string of the molecule is COc1ccccc1CN1C(=O)C(Nc2ccc(C)cc2C)=C(c2ccc(C)c(C)c2)C1=O. The number of anilines is 1. The van der Waals surface area contributed by atoms with Crippen molar-refractivity contribution in [1.82, 2.24) is 4.90 Å². The topological polar surface area (TPSA) is 58.6 Å².